The number of rotatable bonds is 3. The fourth-order valence-corrected chi connectivity index (χ4v) is 3.03. The standard InChI is InChI=1S/C15H26O.C2H6/c1-5-9-12(6-2)15(3,4)13-10-7-8-11-14(13)16;1-2/h5-6,9,13-14,16H,7-8,10-11H2,1-4H3;1-2H3/b9-5-,12-6+;/t13-,14?;/m1./s1. The van der Waals surface area contributed by atoms with Crippen LogP contribution >= 0.6 is 0 Å². The number of aliphatic hydroxyl groups excluding tert-OH is 1. The molecule has 0 heterocycles. The van der Waals surface area contributed by atoms with Gasteiger partial charge < -0.3 is 5.11 Å². The second-order valence-corrected chi connectivity index (χ2v) is 5.42. The van der Waals surface area contributed by atoms with Crippen molar-refractivity contribution in [1.82, 2.24) is 0 Å². The summed E-state index contributed by atoms with van der Waals surface area (Å²) >= 11 is 0. The number of allylic oxidation sites excluding steroid dienone is 4. The summed E-state index contributed by atoms with van der Waals surface area (Å²) in [6.45, 7) is 12.7. The fraction of sp³-hybridized carbons (Fsp3) is 0.765. The number of hydrogen-bond donors (Lipinski definition) is 1. The van der Waals surface area contributed by atoms with E-state index in [9.17, 15) is 5.11 Å². The molecule has 0 aromatic carbocycles. The van der Waals surface area contributed by atoms with E-state index in [1.807, 2.05) is 13.8 Å². The van der Waals surface area contributed by atoms with E-state index in [2.05, 4.69) is 45.9 Å². The quantitative estimate of drug-likeness (QED) is 0.692. The summed E-state index contributed by atoms with van der Waals surface area (Å²) in [5.41, 5.74) is 1.43. The highest BCUT2D eigenvalue weighted by molar-refractivity contribution is 5.26. The number of aliphatic hydroxyl groups is 1. The molecule has 1 aliphatic carbocycles. The molecule has 1 aliphatic rings. The van der Waals surface area contributed by atoms with Gasteiger partial charge in [-0.2, -0.15) is 0 Å². The average molecular weight is 252 g/mol. The Hall–Kier alpha value is -0.560. The van der Waals surface area contributed by atoms with Crippen LogP contribution in [0.15, 0.2) is 23.8 Å². The zero-order chi connectivity index (χ0) is 14.2. The second-order valence-electron chi connectivity index (χ2n) is 5.42. The molecule has 1 saturated carbocycles. The molecule has 1 rings (SSSR count). The zero-order valence-electron chi connectivity index (χ0n) is 13.2. The lowest BCUT2D eigenvalue weighted by atomic mass is 9.65. The molecule has 0 amide bonds. The molecule has 1 fully saturated rings. The van der Waals surface area contributed by atoms with Crippen LogP contribution in [0, 0.1) is 11.3 Å². The van der Waals surface area contributed by atoms with E-state index >= 15 is 0 Å². The summed E-state index contributed by atoms with van der Waals surface area (Å²) < 4.78 is 0. The summed E-state index contributed by atoms with van der Waals surface area (Å²) in [7, 11) is 0. The molecule has 0 spiro atoms. The van der Waals surface area contributed by atoms with Crippen molar-refractivity contribution in [2.24, 2.45) is 11.3 Å². The Morgan fingerprint density at radius 3 is 2.11 bits per heavy atom. The highest BCUT2D eigenvalue weighted by atomic mass is 16.3. The van der Waals surface area contributed by atoms with Gasteiger partial charge in [-0.25, -0.2) is 0 Å². The van der Waals surface area contributed by atoms with Gasteiger partial charge in [-0.15, -0.1) is 0 Å². The van der Waals surface area contributed by atoms with E-state index in [1.54, 1.807) is 0 Å². The van der Waals surface area contributed by atoms with E-state index in [0.717, 1.165) is 12.8 Å². The lowest BCUT2D eigenvalue weighted by Gasteiger charge is -2.41. The first-order valence-corrected chi connectivity index (χ1v) is 7.51. The van der Waals surface area contributed by atoms with Crippen LogP contribution in [0.4, 0.5) is 0 Å². The van der Waals surface area contributed by atoms with Crippen LogP contribution in [0.25, 0.3) is 0 Å². The minimum atomic E-state index is -0.121. The number of hydrogen-bond acceptors (Lipinski definition) is 1. The minimum absolute atomic E-state index is 0.0844. The molecule has 1 heteroatoms. The lowest BCUT2D eigenvalue weighted by molar-refractivity contribution is 0.0185. The van der Waals surface area contributed by atoms with Gasteiger partial charge in [0.05, 0.1) is 6.10 Å². The maximum Gasteiger partial charge on any atom is 0.0576 e. The van der Waals surface area contributed by atoms with Crippen molar-refractivity contribution in [2.75, 3.05) is 0 Å². The molecule has 18 heavy (non-hydrogen) atoms. The van der Waals surface area contributed by atoms with Gasteiger partial charge in [0.2, 0.25) is 0 Å². The molecule has 1 N–H and O–H groups in total. The average Bonchev–Trinajstić information content (AvgIpc) is 2.38. The third-order valence-corrected chi connectivity index (χ3v) is 4.06. The first-order valence-electron chi connectivity index (χ1n) is 7.51. The van der Waals surface area contributed by atoms with E-state index in [0.29, 0.717) is 5.92 Å². The Balaban J connectivity index is 0.00000137. The van der Waals surface area contributed by atoms with Gasteiger partial charge in [0.25, 0.3) is 0 Å². The van der Waals surface area contributed by atoms with Crippen molar-refractivity contribution in [1.29, 1.82) is 0 Å². The summed E-state index contributed by atoms with van der Waals surface area (Å²) in [5.74, 6) is 0.406. The van der Waals surface area contributed by atoms with Crippen LogP contribution in [0.1, 0.15) is 67.2 Å². The van der Waals surface area contributed by atoms with Crippen LogP contribution in [-0.2, 0) is 0 Å². The Labute approximate surface area is 114 Å². The van der Waals surface area contributed by atoms with Gasteiger partial charge in [0.1, 0.15) is 0 Å². The van der Waals surface area contributed by atoms with Gasteiger partial charge in [-0.1, -0.05) is 58.8 Å². The van der Waals surface area contributed by atoms with Crippen LogP contribution in [0.3, 0.4) is 0 Å². The molecule has 106 valence electrons. The fourth-order valence-electron chi connectivity index (χ4n) is 3.03. The Kier molecular flexibility index (Phi) is 8.26. The van der Waals surface area contributed by atoms with Crippen LogP contribution in [0.5, 0.6) is 0 Å². The Morgan fingerprint density at radius 1 is 1.11 bits per heavy atom. The van der Waals surface area contributed by atoms with Gasteiger partial charge in [-0.05, 0) is 43.6 Å². The molecule has 0 aromatic rings. The summed E-state index contributed by atoms with van der Waals surface area (Å²) in [5, 5.41) is 10.2. The van der Waals surface area contributed by atoms with Crippen LogP contribution in [0.2, 0.25) is 0 Å². The molecule has 0 aliphatic heterocycles. The topological polar surface area (TPSA) is 20.2 Å². The smallest absolute Gasteiger partial charge is 0.0576 e. The predicted octanol–water partition coefficient (Wildman–Crippen LogP) is 5.11. The predicted molar refractivity (Wildman–Crippen MR) is 81.7 cm³/mol. The second kappa shape index (κ2) is 8.53. The van der Waals surface area contributed by atoms with Crippen LogP contribution in [-0.4, -0.2) is 11.2 Å². The molecule has 0 saturated heterocycles. The summed E-state index contributed by atoms with van der Waals surface area (Å²) in [4.78, 5) is 0. The van der Waals surface area contributed by atoms with Crippen molar-refractivity contribution in [3.63, 3.8) is 0 Å². The molecule has 1 nitrogen and oxygen atoms in total. The van der Waals surface area contributed by atoms with Crippen LogP contribution < -0.4 is 0 Å². The Bertz CT molecular complexity index is 273. The third kappa shape index (κ3) is 4.28. The first-order chi connectivity index (χ1) is 8.54. The van der Waals surface area contributed by atoms with Gasteiger partial charge in [0, 0.05) is 0 Å². The van der Waals surface area contributed by atoms with Crippen molar-refractivity contribution < 1.29 is 5.11 Å². The first kappa shape index (κ1) is 17.4. The van der Waals surface area contributed by atoms with Gasteiger partial charge in [-0.3, -0.25) is 0 Å². The van der Waals surface area contributed by atoms with E-state index in [-0.39, 0.29) is 11.5 Å². The largest absolute Gasteiger partial charge is 0.393 e. The minimum Gasteiger partial charge on any atom is -0.393 e. The molecule has 0 radical (unpaired) electrons. The van der Waals surface area contributed by atoms with Gasteiger partial charge in [0.15, 0.2) is 0 Å². The summed E-state index contributed by atoms with van der Waals surface area (Å²) in [6, 6.07) is 0. The molecule has 2 atom stereocenters. The van der Waals surface area contributed by atoms with Gasteiger partial charge >= 0.3 is 0 Å². The monoisotopic (exact) mass is 252 g/mol. The SMILES string of the molecule is C/C=C\C(=C/C)C(C)(C)[C@@H]1CCCCC1O.CC. The normalized spacial score (nSPS) is 25.8. The molecule has 1 unspecified atom stereocenters. The van der Waals surface area contributed by atoms with Crippen molar-refractivity contribution in [2.45, 2.75) is 73.3 Å². The van der Waals surface area contributed by atoms with E-state index in [4.69, 9.17) is 0 Å². The zero-order valence-corrected chi connectivity index (χ0v) is 13.2. The van der Waals surface area contributed by atoms with Crippen molar-refractivity contribution in [3.8, 4) is 0 Å². The summed E-state index contributed by atoms with van der Waals surface area (Å²) in [6.07, 6.45) is 10.9. The van der Waals surface area contributed by atoms with E-state index < -0.39 is 0 Å². The van der Waals surface area contributed by atoms with E-state index in [1.165, 1.54) is 18.4 Å². The highest BCUT2D eigenvalue weighted by Gasteiger charge is 2.37. The molecule has 0 bridgehead atoms. The lowest BCUT2D eigenvalue weighted by Crippen LogP contribution is -2.37. The third-order valence-electron chi connectivity index (χ3n) is 4.06. The van der Waals surface area contributed by atoms with Crippen molar-refractivity contribution >= 4 is 0 Å². The maximum absolute atomic E-state index is 10.2. The van der Waals surface area contributed by atoms with Crippen molar-refractivity contribution in [3.05, 3.63) is 23.8 Å². The Morgan fingerprint density at radius 2 is 1.67 bits per heavy atom. The highest BCUT2D eigenvalue weighted by Crippen LogP contribution is 2.43. The molecular formula is C17H32O. The molecule has 0 aromatic heterocycles. The maximum atomic E-state index is 10.2. The molecular weight excluding hydrogens is 220 g/mol.